The van der Waals surface area contributed by atoms with Gasteiger partial charge in [0, 0.05) is 37.9 Å². The molecule has 9 nitrogen and oxygen atoms in total. The monoisotopic (exact) mass is 438 g/mol. The fourth-order valence-corrected chi connectivity index (χ4v) is 4.56. The standard InChI is InChI=1S/C21H20BFN4O5/c23-17-6-15-18(28)16(21(29)30)10-26(8-11-1-3-12(4-2-11)22(31)32)19(15)25-20(17)27-9-13-5-14(27)7-24-13/h1-4,6,10,13-14,24,31-32H,5,7-9H2,(H,29,30). The van der Waals surface area contributed by atoms with Gasteiger partial charge in [-0.15, -0.1) is 0 Å². The maximum atomic E-state index is 15.0. The van der Waals surface area contributed by atoms with E-state index in [2.05, 4.69) is 10.3 Å². The molecule has 0 aliphatic carbocycles. The van der Waals surface area contributed by atoms with Crippen LogP contribution in [0.4, 0.5) is 10.2 Å². The van der Waals surface area contributed by atoms with Crippen LogP contribution in [-0.2, 0) is 6.54 Å². The Kier molecular flexibility index (Phi) is 4.96. The van der Waals surface area contributed by atoms with Gasteiger partial charge in [-0.25, -0.2) is 14.2 Å². The molecule has 2 aromatic heterocycles. The van der Waals surface area contributed by atoms with Gasteiger partial charge in [0.25, 0.3) is 0 Å². The lowest BCUT2D eigenvalue weighted by Crippen LogP contribution is -2.44. The van der Waals surface area contributed by atoms with Gasteiger partial charge in [-0.3, -0.25) is 4.79 Å². The molecule has 2 aliphatic rings. The normalized spacial score (nSPS) is 19.7. The Morgan fingerprint density at radius 2 is 2.03 bits per heavy atom. The number of benzene rings is 1. The minimum Gasteiger partial charge on any atom is -0.477 e. The minimum atomic E-state index is -1.60. The predicted octanol–water partition coefficient (Wildman–Crippen LogP) is -0.488. The van der Waals surface area contributed by atoms with Gasteiger partial charge in [-0.1, -0.05) is 24.3 Å². The lowest BCUT2D eigenvalue weighted by Gasteiger charge is -2.29. The van der Waals surface area contributed by atoms with Crippen LogP contribution in [0.5, 0.6) is 0 Å². The van der Waals surface area contributed by atoms with Crippen molar-refractivity contribution >= 4 is 35.4 Å². The van der Waals surface area contributed by atoms with Crippen molar-refractivity contribution < 1.29 is 24.3 Å². The van der Waals surface area contributed by atoms with Gasteiger partial charge in [0.2, 0.25) is 5.43 Å². The number of aromatic nitrogens is 2. The summed E-state index contributed by atoms with van der Waals surface area (Å²) in [6.07, 6.45) is 2.11. The molecule has 0 spiro atoms. The summed E-state index contributed by atoms with van der Waals surface area (Å²) < 4.78 is 16.5. The largest absolute Gasteiger partial charge is 0.488 e. The highest BCUT2D eigenvalue weighted by atomic mass is 19.1. The van der Waals surface area contributed by atoms with Gasteiger partial charge in [0.05, 0.1) is 5.39 Å². The van der Waals surface area contributed by atoms with Crippen molar-refractivity contribution in [3.8, 4) is 0 Å². The van der Waals surface area contributed by atoms with Crippen molar-refractivity contribution in [2.75, 3.05) is 18.0 Å². The van der Waals surface area contributed by atoms with Gasteiger partial charge >= 0.3 is 13.1 Å². The maximum Gasteiger partial charge on any atom is 0.488 e. The molecule has 0 amide bonds. The molecule has 2 fully saturated rings. The van der Waals surface area contributed by atoms with E-state index in [0.717, 1.165) is 19.0 Å². The van der Waals surface area contributed by atoms with Crippen LogP contribution in [0.3, 0.4) is 0 Å². The highest BCUT2D eigenvalue weighted by molar-refractivity contribution is 6.58. The smallest absolute Gasteiger partial charge is 0.477 e. The summed E-state index contributed by atoms with van der Waals surface area (Å²) in [5.74, 6) is -1.91. The Labute approximate surface area is 181 Å². The summed E-state index contributed by atoms with van der Waals surface area (Å²) >= 11 is 0. The Hall–Kier alpha value is -3.28. The van der Waals surface area contributed by atoms with Crippen molar-refractivity contribution in [1.82, 2.24) is 14.9 Å². The third-order valence-electron chi connectivity index (χ3n) is 6.17. The third-order valence-corrected chi connectivity index (χ3v) is 6.17. The SMILES string of the molecule is O=C(O)c1cn(Cc2ccc(B(O)O)cc2)c2nc(N3CC4CC3CN4)c(F)cc2c1=O. The second-order valence-electron chi connectivity index (χ2n) is 8.23. The molecule has 32 heavy (non-hydrogen) atoms. The summed E-state index contributed by atoms with van der Waals surface area (Å²) in [7, 11) is -1.60. The van der Waals surface area contributed by atoms with Crippen molar-refractivity contribution in [3.05, 3.63) is 63.7 Å². The van der Waals surface area contributed by atoms with Gasteiger partial charge in [-0.2, -0.15) is 0 Å². The first-order valence-corrected chi connectivity index (χ1v) is 10.2. The molecule has 2 atom stereocenters. The molecule has 4 heterocycles. The minimum absolute atomic E-state index is 0.101. The lowest BCUT2D eigenvalue weighted by atomic mass is 9.80. The molecular weight excluding hydrogens is 418 g/mol. The Balaban J connectivity index is 1.64. The van der Waals surface area contributed by atoms with Crippen LogP contribution in [0.2, 0.25) is 0 Å². The number of nitrogens with zero attached hydrogens (tertiary/aromatic N) is 3. The zero-order valence-corrected chi connectivity index (χ0v) is 16.9. The van der Waals surface area contributed by atoms with E-state index in [1.807, 2.05) is 4.90 Å². The number of rotatable bonds is 5. The van der Waals surface area contributed by atoms with E-state index in [9.17, 15) is 24.7 Å². The van der Waals surface area contributed by atoms with E-state index in [4.69, 9.17) is 0 Å². The molecule has 2 bridgehead atoms. The first-order valence-electron chi connectivity index (χ1n) is 10.2. The average molecular weight is 438 g/mol. The number of fused-ring (bicyclic) bond motifs is 3. The number of pyridine rings is 2. The van der Waals surface area contributed by atoms with Crippen LogP contribution in [-0.4, -0.2) is 63.0 Å². The van der Waals surface area contributed by atoms with E-state index >= 15 is 4.39 Å². The maximum absolute atomic E-state index is 15.0. The van der Waals surface area contributed by atoms with Crippen LogP contribution < -0.4 is 21.1 Å². The first kappa shape index (κ1) is 20.6. The number of carbonyl (C=O) groups is 1. The van der Waals surface area contributed by atoms with Crippen LogP contribution in [0.15, 0.2) is 41.3 Å². The number of aromatic carboxylic acids is 1. The fourth-order valence-electron chi connectivity index (χ4n) is 4.56. The number of carboxylic acid groups (broad SMARTS) is 1. The van der Waals surface area contributed by atoms with E-state index in [1.165, 1.54) is 22.9 Å². The summed E-state index contributed by atoms with van der Waals surface area (Å²) in [5.41, 5.74) is -0.0422. The van der Waals surface area contributed by atoms with E-state index in [0.29, 0.717) is 17.6 Å². The summed E-state index contributed by atoms with van der Waals surface area (Å²) in [5, 5.41) is 31.3. The number of piperazine rings is 1. The molecule has 0 saturated carbocycles. The number of hydrogen-bond acceptors (Lipinski definition) is 7. The Bertz CT molecular complexity index is 1280. The second-order valence-corrected chi connectivity index (χ2v) is 8.23. The molecule has 2 saturated heterocycles. The van der Waals surface area contributed by atoms with Crippen LogP contribution in [0, 0.1) is 5.82 Å². The van der Waals surface area contributed by atoms with Crippen molar-refractivity contribution in [2.24, 2.45) is 0 Å². The van der Waals surface area contributed by atoms with Gasteiger partial charge in [-0.05, 0) is 23.5 Å². The number of anilines is 1. The highest BCUT2D eigenvalue weighted by Gasteiger charge is 2.39. The molecule has 164 valence electrons. The van der Waals surface area contributed by atoms with Crippen LogP contribution >= 0.6 is 0 Å². The molecule has 11 heteroatoms. The van der Waals surface area contributed by atoms with Gasteiger partial charge < -0.3 is 29.9 Å². The molecule has 5 rings (SSSR count). The summed E-state index contributed by atoms with van der Waals surface area (Å²) in [6.45, 7) is 1.50. The third kappa shape index (κ3) is 3.44. The Morgan fingerprint density at radius 3 is 2.62 bits per heavy atom. The van der Waals surface area contributed by atoms with Crippen LogP contribution in [0.1, 0.15) is 22.3 Å². The number of nitrogens with one attached hydrogen (secondary N) is 1. The molecular formula is C21H20BFN4O5. The summed E-state index contributed by atoms with van der Waals surface area (Å²) in [6, 6.07) is 7.87. The highest BCUT2D eigenvalue weighted by Crippen LogP contribution is 2.31. The molecule has 2 unspecified atom stereocenters. The molecule has 1 aromatic carbocycles. The van der Waals surface area contributed by atoms with Crippen molar-refractivity contribution in [3.63, 3.8) is 0 Å². The molecule has 0 radical (unpaired) electrons. The van der Waals surface area contributed by atoms with Gasteiger partial charge in [0.15, 0.2) is 11.6 Å². The Morgan fingerprint density at radius 1 is 1.28 bits per heavy atom. The van der Waals surface area contributed by atoms with E-state index < -0.39 is 29.9 Å². The van der Waals surface area contributed by atoms with E-state index in [-0.39, 0.29) is 35.5 Å². The zero-order chi connectivity index (χ0) is 22.6. The number of halogens is 1. The fraction of sp³-hybridized carbons (Fsp3) is 0.286. The first-order chi connectivity index (χ1) is 15.3. The lowest BCUT2D eigenvalue weighted by molar-refractivity contribution is 0.0695. The molecule has 4 N–H and O–H groups in total. The van der Waals surface area contributed by atoms with Crippen LogP contribution in [0.25, 0.3) is 11.0 Å². The molecule has 3 aromatic rings. The predicted molar refractivity (Wildman–Crippen MR) is 116 cm³/mol. The van der Waals surface area contributed by atoms with Crippen molar-refractivity contribution in [2.45, 2.75) is 25.0 Å². The number of hydrogen-bond donors (Lipinski definition) is 4. The average Bonchev–Trinajstić information content (AvgIpc) is 3.39. The second kappa shape index (κ2) is 7.70. The van der Waals surface area contributed by atoms with Gasteiger partial charge in [0.1, 0.15) is 11.2 Å². The number of carboxylic acids is 1. The molecule has 2 aliphatic heterocycles. The summed E-state index contributed by atoms with van der Waals surface area (Å²) in [4.78, 5) is 30.8. The topological polar surface area (TPSA) is 128 Å². The zero-order valence-electron chi connectivity index (χ0n) is 16.9. The van der Waals surface area contributed by atoms with E-state index in [1.54, 1.807) is 12.1 Å². The van der Waals surface area contributed by atoms with Crippen molar-refractivity contribution in [1.29, 1.82) is 0 Å². The quantitative estimate of drug-likeness (QED) is 0.393.